The van der Waals surface area contributed by atoms with Gasteiger partial charge in [-0.3, -0.25) is 4.79 Å². The Morgan fingerprint density at radius 3 is 3.25 bits per heavy atom. The Balaban J connectivity index is 2.00. The van der Waals surface area contributed by atoms with Gasteiger partial charge in [0.1, 0.15) is 12.4 Å². The predicted molar refractivity (Wildman–Crippen MR) is 55.3 cm³/mol. The molecule has 0 spiro atoms. The van der Waals surface area contributed by atoms with E-state index in [0.717, 1.165) is 5.82 Å². The van der Waals surface area contributed by atoms with Crippen LogP contribution in [0.2, 0.25) is 0 Å². The highest BCUT2D eigenvalue weighted by molar-refractivity contribution is 5.81. The zero-order valence-electron chi connectivity index (χ0n) is 9.17. The first-order valence-corrected chi connectivity index (χ1v) is 5.12. The minimum Gasteiger partial charge on any atom is -0.383 e. The molecule has 1 aliphatic heterocycles. The van der Waals surface area contributed by atoms with Gasteiger partial charge in [0, 0.05) is 20.2 Å². The van der Waals surface area contributed by atoms with Crippen molar-refractivity contribution < 1.29 is 9.53 Å². The molecule has 7 nitrogen and oxygen atoms in total. The molecule has 2 heterocycles. The first-order valence-electron chi connectivity index (χ1n) is 5.12. The molecule has 1 unspecified atom stereocenters. The molecule has 0 aliphatic carbocycles. The summed E-state index contributed by atoms with van der Waals surface area (Å²) in [5.41, 5.74) is 5.69. The Bertz CT molecular complexity index is 378. The fourth-order valence-electron chi connectivity index (χ4n) is 1.74. The van der Waals surface area contributed by atoms with Crippen LogP contribution in [-0.2, 0) is 22.6 Å². The third-order valence-corrected chi connectivity index (χ3v) is 2.61. The Hall–Kier alpha value is -1.47. The van der Waals surface area contributed by atoms with E-state index in [0.29, 0.717) is 19.6 Å². The predicted octanol–water partition coefficient (Wildman–Crippen LogP) is -1.41. The molecule has 2 rings (SSSR count). The van der Waals surface area contributed by atoms with E-state index in [1.807, 2.05) is 4.57 Å². The molecule has 0 saturated heterocycles. The molecule has 7 heteroatoms. The zero-order chi connectivity index (χ0) is 11.5. The molecule has 0 bridgehead atoms. The molecule has 16 heavy (non-hydrogen) atoms. The van der Waals surface area contributed by atoms with Crippen molar-refractivity contribution in [3.05, 3.63) is 12.2 Å². The van der Waals surface area contributed by atoms with E-state index in [4.69, 9.17) is 10.5 Å². The van der Waals surface area contributed by atoms with E-state index in [2.05, 4.69) is 10.2 Å². The number of nitrogens with zero attached hydrogens (tertiary/aromatic N) is 4. The number of aromatic nitrogens is 3. The van der Waals surface area contributed by atoms with Crippen LogP contribution in [0.15, 0.2) is 6.33 Å². The Morgan fingerprint density at radius 2 is 2.50 bits per heavy atom. The van der Waals surface area contributed by atoms with Gasteiger partial charge in [-0.15, -0.1) is 10.2 Å². The maximum Gasteiger partial charge on any atom is 0.242 e. The molecule has 88 valence electrons. The fraction of sp³-hybridized carbons (Fsp3) is 0.667. The molecule has 0 radical (unpaired) electrons. The summed E-state index contributed by atoms with van der Waals surface area (Å²) < 4.78 is 6.80. The summed E-state index contributed by atoms with van der Waals surface area (Å²) in [7, 11) is 1.53. The number of nitrogens with two attached hydrogens (primary N) is 1. The minimum absolute atomic E-state index is 0.101. The Labute approximate surface area is 93.2 Å². The quantitative estimate of drug-likeness (QED) is 0.683. The van der Waals surface area contributed by atoms with Crippen molar-refractivity contribution in [2.75, 3.05) is 20.3 Å². The minimum atomic E-state index is -0.598. The Kier molecular flexibility index (Phi) is 3.16. The van der Waals surface area contributed by atoms with Gasteiger partial charge in [0.05, 0.1) is 13.2 Å². The average Bonchev–Trinajstić information content (AvgIpc) is 2.75. The second-order valence-corrected chi connectivity index (χ2v) is 3.76. The first-order chi connectivity index (χ1) is 7.72. The van der Waals surface area contributed by atoms with Crippen LogP contribution in [0.1, 0.15) is 5.82 Å². The lowest BCUT2D eigenvalue weighted by atomic mass is 10.2. The van der Waals surface area contributed by atoms with Crippen molar-refractivity contribution in [3.8, 4) is 0 Å². The summed E-state index contributed by atoms with van der Waals surface area (Å²) in [6, 6.07) is -0.598. The molecule has 1 aromatic rings. The molecule has 0 fully saturated rings. The van der Waals surface area contributed by atoms with E-state index in [9.17, 15) is 4.79 Å². The van der Waals surface area contributed by atoms with E-state index in [1.54, 1.807) is 11.2 Å². The highest BCUT2D eigenvalue weighted by atomic mass is 16.5. The summed E-state index contributed by atoms with van der Waals surface area (Å²) in [6.45, 7) is 2.06. The molecule has 1 amide bonds. The molecule has 1 atom stereocenters. The summed E-state index contributed by atoms with van der Waals surface area (Å²) in [5.74, 6) is 0.695. The van der Waals surface area contributed by atoms with Crippen LogP contribution in [0.5, 0.6) is 0 Å². The van der Waals surface area contributed by atoms with Crippen molar-refractivity contribution in [1.82, 2.24) is 19.7 Å². The van der Waals surface area contributed by atoms with Gasteiger partial charge in [-0.05, 0) is 0 Å². The molecule has 0 saturated carbocycles. The van der Waals surface area contributed by atoms with E-state index >= 15 is 0 Å². The topological polar surface area (TPSA) is 86.3 Å². The average molecular weight is 225 g/mol. The van der Waals surface area contributed by atoms with Gasteiger partial charge in [-0.2, -0.15) is 0 Å². The first kappa shape index (κ1) is 11.0. The normalized spacial score (nSPS) is 17.0. The van der Waals surface area contributed by atoms with E-state index < -0.39 is 6.04 Å². The van der Waals surface area contributed by atoms with Crippen LogP contribution in [0, 0.1) is 0 Å². The molecule has 0 aromatic carbocycles. The lowest BCUT2D eigenvalue weighted by Gasteiger charge is -2.29. The van der Waals surface area contributed by atoms with Gasteiger partial charge in [-0.25, -0.2) is 0 Å². The second kappa shape index (κ2) is 4.58. The second-order valence-electron chi connectivity index (χ2n) is 3.76. The van der Waals surface area contributed by atoms with Crippen molar-refractivity contribution >= 4 is 5.91 Å². The highest BCUT2D eigenvalue weighted by Gasteiger charge is 2.25. The summed E-state index contributed by atoms with van der Waals surface area (Å²) in [5, 5.41) is 7.74. The summed E-state index contributed by atoms with van der Waals surface area (Å²) >= 11 is 0. The SMILES string of the molecule is COCC(N)C(=O)N1CCn2cnnc2C1. The van der Waals surface area contributed by atoms with Gasteiger partial charge in [0.2, 0.25) is 5.91 Å². The van der Waals surface area contributed by atoms with Crippen LogP contribution >= 0.6 is 0 Å². The number of amides is 1. The lowest BCUT2D eigenvalue weighted by Crippen LogP contribution is -2.48. The maximum atomic E-state index is 11.9. The van der Waals surface area contributed by atoms with Gasteiger partial charge < -0.3 is 19.9 Å². The highest BCUT2D eigenvalue weighted by Crippen LogP contribution is 2.09. The standard InChI is InChI=1S/C9H15N5O2/c1-16-5-7(10)9(15)13-2-3-14-6-11-12-8(14)4-13/h6-7H,2-5,10H2,1H3. The van der Waals surface area contributed by atoms with Crippen LogP contribution in [-0.4, -0.2) is 51.9 Å². The van der Waals surface area contributed by atoms with Crippen molar-refractivity contribution in [2.45, 2.75) is 19.1 Å². The number of rotatable bonds is 3. The van der Waals surface area contributed by atoms with Crippen LogP contribution in [0.3, 0.4) is 0 Å². The molecular formula is C9H15N5O2. The van der Waals surface area contributed by atoms with Crippen molar-refractivity contribution in [3.63, 3.8) is 0 Å². The molecular weight excluding hydrogens is 210 g/mol. The molecule has 2 N–H and O–H groups in total. The molecule has 1 aliphatic rings. The number of hydrogen-bond acceptors (Lipinski definition) is 5. The van der Waals surface area contributed by atoms with Gasteiger partial charge in [0.15, 0.2) is 5.82 Å². The summed E-state index contributed by atoms with van der Waals surface area (Å²) in [6.07, 6.45) is 1.67. The number of carbonyl (C=O) groups is 1. The van der Waals surface area contributed by atoms with Crippen molar-refractivity contribution in [1.29, 1.82) is 0 Å². The monoisotopic (exact) mass is 225 g/mol. The number of carbonyl (C=O) groups excluding carboxylic acids is 1. The smallest absolute Gasteiger partial charge is 0.242 e. The van der Waals surface area contributed by atoms with Gasteiger partial charge in [-0.1, -0.05) is 0 Å². The molecule has 1 aromatic heterocycles. The largest absolute Gasteiger partial charge is 0.383 e. The number of methoxy groups -OCH3 is 1. The van der Waals surface area contributed by atoms with Gasteiger partial charge in [0.25, 0.3) is 0 Å². The van der Waals surface area contributed by atoms with Crippen molar-refractivity contribution in [2.24, 2.45) is 5.73 Å². The maximum absolute atomic E-state index is 11.9. The van der Waals surface area contributed by atoms with E-state index in [1.165, 1.54) is 7.11 Å². The zero-order valence-corrected chi connectivity index (χ0v) is 9.17. The number of ether oxygens (including phenoxy) is 1. The van der Waals surface area contributed by atoms with Crippen LogP contribution in [0.4, 0.5) is 0 Å². The number of hydrogen-bond donors (Lipinski definition) is 1. The summed E-state index contributed by atoms with van der Waals surface area (Å²) in [4.78, 5) is 13.6. The van der Waals surface area contributed by atoms with Crippen LogP contribution in [0.25, 0.3) is 0 Å². The third-order valence-electron chi connectivity index (χ3n) is 2.61. The third kappa shape index (κ3) is 2.05. The van der Waals surface area contributed by atoms with Crippen LogP contribution < -0.4 is 5.73 Å². The van der Waals surface area contributed by atoms with E-state index in [-0.39, 0.29) is 12.5 Å². The fourth-order valence-corrected chi connectivity index (χ4v) is 1.74. The van der Waals surface area contributed by atoms with Gasteiger partial charge >= 0.3 is 0 Å². The number of fused-ring (bicyclic) bond motifs is 1. The Morgan fingerprint density at radius 1 is 1.69 bits per heavy atom. The lowest BCUT2D eigenvalue weighted by molar-refractivity contribution is -0.135.